The Kier molecular flexibility index (Phi) is 2.55. The van der Waals surface area contributed by atoms with Gasteiger partial charge in [0.1, 0.15) is 5.75 Å². The lowest BCUT2D eigenvalue weighted by atomic mass is 9.92. The fraction of sp³-hybridized carbons (Fsp3) is 0.400. The Morgan fingerprint density at radius 2 is 2.27 bits per heavy atom. The van der Waals surface area contributed by atoms with Crippen molar-refractivity contribution in [2.45, 2.75) is 18.6 Å². The van der Waals surface area contributed by atoms with Gasteiger partial charge in [-0.05, 0) is 6.07 Å². The molecule has 15 heavy (non-hydrogen) atoms. The molecule has 5 nitrogen and oxygen atoms in total. The molecule has 1 aromatic carbocycles. The zero-order chi connectivity index (χ0) is 10.8. The zero-order valence-corrected chi connectivity index (χ0v) is 8.00. The molecular formula is C10H11NO4. The first kappa shape index (κ1) is 9.92. The van der Waals surface area contributed by atoms with Crippen LogP contribution < -0.4 is 4.74 Å². The highest BCUT2D eigenvalue weighted by molar-refractivity contribution is 5.37. The van der Waals surface area contributed by atoms with E-state index in [1.165, 1.54) is 0 Å². The number of rotatable bonds is 2. The molecule has 1 N–H and O–H groups in total. The number of hydrogen-bond donors (Lipinski definition) is 1. The molecule has 80 valence electrons. The van der Waals surface area contributed by atoms with Crippen molar-refractivity contribution in [3.63, 3.8) is 0 Å². The Hall–Kier alpha value is -1.62. The summed E-state index contributed by atoms with van der Waals surface area (Å²) in [6.45, 7) is -0.169. The smallest absolute Gasteiger partial charge is 0.211 e. The second-order valence-electron chi connectivity index (χ2n) is 3.56. The monoisotopic (exact) mass is 209 g/mol. The first-order chi connectivity index (χ1) is 7.16. The minimum Gasteiger partial charge on any atom is -0.465 e. The predicted octanol–water partition coefficient (Wildman–Crippen LogP) is 1.15. The average molecular weight is 209 g/mol. The Bertz CT molecular complexity index is 379. The summed E-state index contributed by atoms with van der Waals surface area (Å²) in [5.74, 6) is 0.281. The van der Waals surface area contributed by atoms with Crippen molar-refractivity contribution in [3.05, 3.63) is 39.9 Å². The Morgan fingerprint density at radius 1 is 1.53 bits per heavy atom. The Balaban J connectivity index is 2.29. The van der Waals surface area contributed by atoms with Crippen LogP contribution in [0.15, 0.2) is 24.3 Å². The minimum atomic E-state index is -0.940. The van der Waals surface area contributed by atoms with E-state index in [1.807, 2.05) is 6.07 Å². The van der Waals surface area contributed by atoms with Gasteiger partial charge in [-0.2, -0.15) is 0 Å². The van der Waals surface area contributed by atoms with Gasteiger partial charge in [-0.3, -0.25) is 10.1 Å². The SMILES string of the molecule is O=[N+]([O-])C[C@H]1C[C@H](O)Oc2ccccc21. The van der Waals surface area contributed by atoms with Crippen LogP contribution in [0.4, 0.5) is 0 Å². The molecule has 0 amide bonds. The number of hydrogen-bond acceptors (Lipinski definition) is 4. The van der Waals surface area contributed by atoms with Crippen LogP contribution in [-0.2, 0) is 0 Å². The molecule has 1 heterocycles. The van der Waals surface area contributed by atoms with E-state index in [0.29, 0.717) is 5.75 Å². The van der Waals surface area contributed by atoms with Gasteiger partial charge in [-0.1, -0.05) is 18.2 Å². The Morgan fingerprint density at radius 3 is 3.00 bits per heavy atom. The van der Waals surface area contributed by atoms with Crippen molar-refractivity contribution in [2.24, 2.45) is 0 Å². The van der Waals surface area contributed by atoms with Crippen molar-refractivity contribution in [2.75, 3.05) is 6.54 Å². The fourth-order valence-corrected chi connectivity index (χ4v) is 1.84. The van der Waals surface area contributed by atoms with Crippen molar-refractivity contribution < 1.29 is 14.8 Å². The Labute approximate surface area is 86.4 Å². The molecule has 0 aromatic heterocycles. The quantitative estimate of drug-likeness (QED) is 0.585. The number of aliphatic hydroxyl groups excluding tert-OH is 1. The van der Waals surface area contributed by atoms with E-state index >= 15 is 0 Å². The number of benzene rings is 1. The molecule has 0 aliphatic carbocycles. The summed E-state index contributed by atoms with van der Waals surface area (Å²) in [5.41, 5.74) is 0.805. The topological polar surface area (TPSA) is 72.6 Å². The van der Waals surface area contributed by atoms with Gasteiger partial charge in [0.15, 0.2) is 6.29 Å². The van der Waals surface area contributed by atoms with Crippen molar-refractivity contribution >= 4 is 0 Å². The van der Waals surface area contributed by atoms with Gasteiger partial charge in [0.25, 0.3) is 0 Å². The van der Waals surface area contributed by atoms with Crippen LogP contribution in [0, 0.1) is 10.1 Å². The fourth-order valence-electron chi connectivity index (χ4n) is 1.84. The zero-order valence-electron chi connectivity index (χ0n) is 8.00. The van der Waals surface area contributed by atoms with Gasteiger partial charge >= 0.3 is 0 Å². The molecule has 0 radical (unpaired) electrons. The highest BCUT2D eigenvalue weighted by Crippen LogP contribution is 2.35. The average Bonchev–Trinajstić information content (AvgIpc) is 2.16. The standard InChI is InChI=1S/C10H11NO4/c12-10-5-7(6-11(13)14)8-3-1-2-4-9(8)15-10/h1-4,7,10,12H,5-6H2/t7-,10-/m1/s1. The van der Waals surface area contributed by atoms with Crippen LogP contribution >= 0.6 is 0 Å². The molecule has 1 aromatic rings. The summed E-state index contributed by atoms with van der Waals surface area (Å²) < 4.78 is 5.18. The maximum Gasteiger partial charge on any atom is 0.211 e. The molecule has 2 rings (SSSR count). The third-order valence-corrected chi connectivity index (χ3v) is 2.48. The number of aliphatic hydroxyl groups is 1. The normalized spacial score (nSPS) is 24.1. The van der Waals surface area contributed by atoms with E-state index in [0.717, 1.165) is 5.56 Å². The molecule has 1 aliphatic heterocycles. The maximum atomic E-state index is 10.5. The molecule has 0 unspecified atom stereocenters. The highest BCUT2D eigenvalue weighted by Gasteiger charge is 2.29. The van der Waals surface area contributed by atoms with Crippen LogP contribution in [0.5, 0.6) is 5.75 Å². The van der Waals surface area contributed by atoms with Crippen molar-refractivity contribution in [3.8, 4) is 5.75 Å². The van der Waals surface area contributed by atoms with E-state index in [1.54, 1.807) is 18.2 Å². The first-order valence-corrected chi connectivity index (χ1v) is 4.72. The van der Waals surface area contributed by atoms with E-state index in [2.05, 4.69) is 0 Å². The lowest BCUT2D eigenvalue weighted by Crippen LogP contribution is -2.28. The molecule has 0 spiro atoms. The van der Waals surface area contributed by atoms with Crippen LogP contribution in [0.1, 0.15) is 17.9 Å². The van der Waals surface area contributed by atoms with Gasteiger partial charge in [-0.25, -0.2) is 0 Å². The van der Waals surface area contributed by atoms with E-state index in [-0.39, 0.29) is 23.8 Å². The van der Waals surface area contributed by atoms with E-state index in [9.17, 15) is 15.2 Å². The van der Waals surface area contributed by atoms with Crippen LogP contribution in [-0.4, -0.2) is 22.9 Å². The van der Waals surface area contributed by atoms with Gasteiger partial charge in [0, 0.05) is 16.9 Å². The summed E-state index contributed by atoms with van der Waals surface area (Å²) in [7, 11) is 0. The summed E-state index contributed by atoms with van der Waals surface area (Å²) in [6, 6.07) is 7.10. The lowest BCUT2D eigenvalue weighted by Gasteiger charge is -2.26. The number of ether oxygens (including phenoxy) is 1. The maximum absolute atomic E-state index is 10.5. The molecule has 2 atom stereocenters. The van der Waals surface area contributed by atoms with Crippen LogP contribution in [0.25, 0.3) is 0 Å². The third-order valence-electron chi connectivity index (χ3n) is 2.48. The lowest BCUT2D eigenvalue weighted by molar-refractivity contribution is -0.484. The van der Waals surface area contributed by atoms with E-state index < -0.39 is 6.29 Å². The summed E-state index contributed by atoms with van der Waals surface area (Å²) >= 11 is 0. The first-order valence-electron chi connectivity index (χ1n) is 4.72. The minimum absolute atomic E-state index is 0.169. The van der Waals surface area contributed by atoms with Crippen molar-refractivity contribution in [1.29, 1.82) is 0 Å². The number of para-hydroxylation sites is 1. The van der Waals surface area contributed by atoms with Gasteiger partial charge in [0.2, 0.25) is 6.54 Å². The van der Waals surface area contributed by atoms with E-state index in [4.69, 9.17) is 4.74 Å². The summed E-state index contributed by atoms with van der Waals surface area (Å²) in [4.78, 5) is 10.1. The molecule has 0 fully saturated rings. The predicted molar refractivity (Wildman–Crippen MR) is 52.3 cm³/mol. The molecular weight excluding hydrogens is 198 g/mol. The molecule has 0 saturated carbocycles. The summed E-state index contributed by atoms with van der Waals surface area (Å²) in [5, 5.41) is 19.9. The van der Waals surface area contributed by atoms with Crippen molar-refractivity contribution in [1.82, 2.24) is 0 Å². The van der Waals surface area contributed by atoms with Crippen LogP contribution in [0.2, 0.25) is 0 Å². The van der Waals surface area contributed by atoms with Crippen LogP contribution in [0.3, 0.4) is 0 Å². The molecule has 5 heteroatoms. The number of fused-ring (bicyclic) bond motifs is 1. The van der Waals surface area contributed by atoms with Gasteiger partial charge < -0.3 is 9.84 Å². The number of nitrogens with zero attached hydrogens (tertiary/aromatic N) is 1. The highest BCUT2D eigenvalue weighted by atomic mass is 16.6. The second kappa shape index (κ2) is 3.86. The second-order valence-corrected chi connectivity index (χ2v) is 3.56. The molecule has 1 aliphatic rings. The molecule has 0 saturated heterocycles. The van der Waals surface area contributed by atoms with Gasteiger partial charge in [-0.15, -0.1) is 0 Å². The largest absolute Gasteiger partial charge is 0.465 e. The molecule has 0 bridgehead atoms. The van der Waals surface area contributed by atoms with Gasteiger partial charge in [0.05, 0.1) is 5.92 Å². The summed E-state index contributed by atoms with van der Waals surface area (Å²) in [6.07, 6.45) is -0.664. The number of nitro groups is 1. The third kappa shape index (κ3) is 2.07.